The summed E-state index contributed by atoms with van der Waals surface area (Å²) in [6, 6.07) is 3.11. The van der Waals surface area contributed by atoms with Gasteiger partial charge in [0, 0.05) is 0 Å². The van der Waals surface area contributed by atoms with Crippen LogP contribution in [-0.2, 0) is 19.9 Å². The summed E-state index contributed by atoms with van der Waals surface area (Å²) in [6.45, 7) is 3.12. The van der Waals surface area contributed by atoms with E-state index in [2.05, 4.69) is 9.82 Å². The number of anilines is 1. The molecule has 1 aliphatic rings. The van der Waals surface area contributed by atoms with E-state index in [1.165, 1.54) is 16.8 Å². The Morgan fingerprint density at radius 2 is 2.04 bits per heavy atom. The van der Waals surface area contributed by atoms with Gasteiger partial charge in [0.1, 0.15) is 10.7 Å². The monoisotopic (exact) mass is 421 g/mol. The third-order valence-electron chi connectivity index (χ3n) is 4.25. The Balaban J connectivity index is 1.96. The van der Waals surface area contributed by atoms with Gasteiger partial charge in [0.05, 0.1) is 39.6 Å². The summed E-state index contributed by atoms with van der Waals surface area (Å²) in [5.41, 5.74) is 0.726. The maximum Gasteiger partial charge on any atom is 0.265 e. The molecule has 1 aromatic heterocycles. The van der Waals surface area contributed by atoms with Crippen LogP contribution < -0.4 is 4.72 Å². The first-order chi connectivity index (χ1) is 12.0. The molecule has 7 nitrogen and oxygen atoms in total. The predicted molar refractivity (Wildman–Crippen MR) is 96.2 cm³/mol. The van der Waals surface area contributed by atoms with Crippen molar-refractivity contribution >= 4 is 37.1 Å². The number of halogens is 2. The molecule has 1 aliphatic heterocycles. The van der Waals surface area contributed by atoms with Crippen molar-refractivity contribution in [1.82, 2.24) is 9.78 Å². The second kappa shape index (κ2) is 6.50. The van der Waals surface area contributed by atoms with Gasteiger partial charge in [-0.25, -0.2) is 21.2 Å². The van der Waals surface area contributed by atoms with Gasteiger partial charge in [-0.15, -0.1) is 0 Å². The van der Waals surface area contributed by atoms with Crippen molar-refractivity contribution < 1.29 is 21.2 Å². The van der Waals surface area contributed by atoms with Gasteiger partial charge in [-0.1, -0.05) is 11.6 Å². The van der Waals surface area contributed by atoms with E-state index >= 15 is 0 Å². The summed E-state index contributed by atoms with van der Waals surface area (Å²) in [7, 11) is -7.14. The van der Waals surface area contributed by atoms with Crippen molar-refractivity contribution in [3.05, 3.63) is 40.4 Å². The first kappa shape index (κ1) is 19.1. The molecule has 26 heavy (non-hydrogen) atoms. The minimum atomic E-state index is -4.01. The molecule has 0 amide bonds. The molecule has 0 aliphatic carbocycles. The van der Waals surface area contributed by atoms with Gasteiger partial charge in [0.25, 0.3) is 10.0 Å². The molecule has 1 aromatic carbocycles. The van der Waals surface area contributed by atoms with E-state index in [4.69, 9.17) is 11.6 Å². The fourth-order valence-electron chi connectivity index (χ4n) is 3.13. The molecule has 11 heteroatoms. The zero-order valence-electron chi connectivity index (χ0n) is 14.0. The number of sulfonamides is 1. The summed E-state index contributed by atoms with van der Waals surface area (Å²) < 4.78 is 66.0. The van der Waals surface area contributed by atoms with Gasteiger partial charge in [-0.05, 0) is 38.5 Å². The molecule has 0 radical (unpaired) electrons. The Labute approximate surface area is 156 Å². The van der Waals surface area contributed by atoms with Crippen LogP contribution in [0, 0.1) is 19.7 Å². The Kier molecular flexibility index (Phi) is 4.78. The standard InChI is InChI=1S/C15H17ClFN3O4S2/c1-9-15(10(2)20(18-9)12-5-6-25(21,22)8-12)26(23,24)19-11-3-4-14(17)13(16)7-11/h3-4,7,12,19H,5-6,8H2,1-2H3. The van der Waals surface area contributed by atoms with Gasteiger partial charge in [0.2, 0.25) is 0 Å². The number of nitrogens with zero attached hydrogens (tertiary/aromatic N) is 2. The Hall–Kier alpha value is -1.65. The van der Waals surface area contributed by atoms with Crippen LogP contribution in [0.2, 0.25) is 5.02 Å². The fourth-order valence-corrected chi connectivity index (χ4v) is 6.45. The molecular formula is C15H17ClFN3O4S2. The highest BCUT2D eigenvalue weighted by molar-refractivity contribution is 7.92. The lowest BCUT2D eigenvalue weighted by atomic mass is 10.2. The Bertz CT molecular complexity index is 1080. The van der Waals surface area contributed by atoms with Crippen LogP contribution in [0.3, 0.4) is 0 Å². The minimum absolute atomic E-state index is 0.0257. The quantitative estimate of drug-likeness (QED) is 0.817. The average Bonchev–Trinajstić information content (AvgIpc) is 3.02. The summed E-state index contributed by atoms with van der Waals surface area (Å²) in [4.78, 5) is -0.0257. The normalized spacial score (nSPS) is 19.6. The number of hydrogen-bond donors (Lipinski definition) is 1. The van der Waals surface area contributed by atoms with Gasteiger partial charge >= 0.3 is 0 Å². The van der Waals surface area contributed by atoms with Crippen LogP contribution in [0.5, 0.6) is 0 Å². The van der Waals surface area contributed by atoms with E-state index in [-0.39, 0.29) is 38.8 Å². The van der Waals surface area contributed by atoms with Crippen LogP contribution >= 0.6 is 11.6 Å². The molecule has 1 saturated heterocycles. The molecular weight excluding hydrogens is 405 g/mol. The fraction of sp³-hybridized carbons (Fsp3) is 0.400. The molecule has 2 heterocycles. The smallest absolute Gasteiger partial charge is 0.265 e. The number of rotatable bonds is 4. The highest BCUT2D eigenvalue weighted by Gasteiger charge is 2.33. The molecule has 1 unspecified atom stereocenters. The van der Waals surface area contributed by atoms with Crippen molar-refractivity contribution in [1.29, 1.82) is 0 Å². The highest BCUT2D eigenvalue weighted by Crippen LogP contribution is 2.30. The maximum absolute atomic E-state index is 13.2. The summed E-state index contributed by atoms with van der Waals surface area (Å²) in [5.74, 6) is -0.655. The third-order valence-corrected chi connectivity index (χ3v) is 7.93. The topological polar surface area (TPSA) is 98.1 Å². The maximum atomic E-state index is 13.2. The van der Waals surface area contributed by atoms with Gasteiger partial charge in [0.15, 0.2) is 9.84 Å². The number of nitrogens with one attached hydrogen (secondary N) is 1. The van der Waals surface area contributed by atoms with E-state index < -0.39 is 25.7 Å². The Morgan fingerprint density at radius 1 is 1.35 bits per heavy atom. The molecule has 1 atom stereocenters. The second-order valence-electron chi connectivity index (χ2n) is 6.24. The predicted octanol–water partition coefficient (Wildman–Crippen LogP) is 2.45. The van der Waals surface area contributed by atoms with Crippen molar-refractivity contribution in [3.63, 3.8) is 0 Å². The lowest BCUT2D eigenvalue weighted by molar-refractivity contribution is 0.484. The Morgan fingerprint density at radius 3 is 2.62 bits per heavy atom. The van der Waals surface area contributed by atoms with Crippen LogP contribution in [0.25, 0.3) is 0 Å². The van der Waals surface area contributed by atoms with E-state index in [9.17, 15) is 21.2 Å². The average molecular weight is 422 g/mol. The third kappa shape index (κ3) is 3.58. The lowest BCUT2D eigenvalue weighted by Crippen LogP contribution is -2.17. The highest BCUT2D eigenvalue weighted by atomic mass is 35.5. The van der Waals surface area contributed by atoms with Crippen molar-refractivity contribution in [2.24, 2.45) is 0 Å². The van der Waals surface area contributed by atoms with Crippen molar-refractivity contribution in [2.75, 3.05) is 16.2 Å². The molecule has 0 bridgehead atoms. The van der Waals surface area contributed by atoms with Crippen molar-refractivity contribution in [2.45, 2.75) is 31.2 Å². The minimum Gasteiger partial charge on any atom is -0.279 e. The molecule has 1 N–H and O–H groups in total. The zero-order valence-corrected chi connectivity index (χ0v) is 16.4. The number of sulfone groups is 1. The largest absolute Gasteiger partial charge is 0.279 e. The van der Waals surface area contributed by atoms with Crippen LogP contribution in [0.1, 0.15) is 23.9 Å². The SMILES string of the molecule is Cc1nn(C2CCS(=O)(=O)C2)c(C)c1S(=O)(=O)Nc1ccc(F)c(Cl)c1. The van der Waals surface area contributed by atoms with Crippen molar-refractivity contribution in [3.8, 4) is 0 Å². The summed E-state index contributed by atoms with van der Waals surface area (Å²) >= 11 is 5.69. The zero-order chi connectivity index (χ0) is 19.3. The summed E-state index contributed by atoms with van der Waals surface area (Å²) in [5, 5.41) is 4.04. The van der Waals surface area contributed by atoms with Gasteiger partial charge in [-0.3, -0.25) is 9.40 Å². The molecule has 3 rings (SSSR count). The molecule has 142 valence electrons. The summed E-state index contributed by atoms with van der Waals surface area (Å²) in [6.07, 6.45) is 0.394. The van der Waals surface area contributed by atoms with Crippen LogP contribution in [0.15, 0.2) is 23.1 Å². The number of benzene rings is 1. The van der Waals surface area contributed by atoms with Gasteiger partial charge in [-0.2, -0.15) is 5.10 Å². The van der Waals surface area contributed by atoms with E-state index in [1.54, 1.807) is 13.8 Å². The van der Waals surface area contributed by atoms with Crippen LogP contribution in [-0.4, -0.2) is 38.1 Å². The first-order valence-electron chi connectivity index (χ1n) is 7.74. The van der Waals surface area contributed by atoms with Crippen LogP contribution in [0.4, 0.5) is 10.1 Å². The van der Waals surface area contributed by atoms with Gasteiger partial charge < -0.3 is 0 Å². The molecule has 0 saturated carbocycles. The number of aromatic nitrogens is 2. The second-order valence-corrected chi connectivity index (χ2v) is 10.5. The van der Waals surface area contributed by atoms with E-state index in [0.29, 0.717) is 12.1 Å². The molecule has 0 spiro atoms. The lowest BCUT2D eigenvalue weighted by Gasteiger charge is -2.12. The van der Waals surface area contributed by atoms with E-state index in [1.807, 2.05) is 0 Å². The first-order valence-corrected chi connectivity index (χ1v) is 11.4. The number of aryl methyl sites for hydroxylation is 1. The van der Waals surface area contributed by atoms with E-state index in [0.717, 1.165) is 6.07 Å². The molecule has 2 aromatic rings. The molecule has 1 fully saturated rings. The number of hydrogen-bond acceptors (Lipinski definition) is 5.